The summed E-state index contributed by atoms with van der Waals surface area (Å²) in [5.41, 5.74) is 1.45. The Morgan fingerprint density at radius 2 is 2.46 bits per heavy atom. The molecule has 2 heteroatoms. The monoisotopic (exact) mass is 178 g/mol. The van der Waals surface area contributed by atoms with Crippen LogP contribution in [0.2, 0.25) is 0 Å². The third-order valence-electron chi connectivity index (χ3n) is 2.88. The van der Waals surface area contributed by atoms with Crippen LogP contribution in [0.25, 0.3) is 0 Å². The summed E-state index contributed by atoms with van der Waals surface area (Å²) in [5, 5.41) is 0. The zero-order valence-electron chi connectivity index (χ0n) is 8.58. The second-order valence-corrected chi connectivity index (χ2v) is 4.17. The van der Waals surface area contributed by atoms with Crippen molar-refractivity contribution in [3.8, 4) is 0 Å². The first-order valence-electron chi connectivity index (χ1n) is 5.34. The van der Waals surface area contributed by atoms with Crippen molar-refractivity contribution in [3.05, 3.63) is 17.7 Å². The Morgan fingerprint density at radius 1 is 1.62 bits per heavy atom. The first kappa shape index (κ1) is 8.79. The fourth-order valence-electron chi connectivity index (χ4n) is 2.10. The Labute approximate surface area is 80.0 Å². The minimum absolute atomic E-state index is 0.831. The van der Waals surface area contributed by atoms with Gasteiger partial charge in [-0.05, 0) is 25.2 Å². The van der Waals surface area contributed by atoms with Gasteiger partial charge in [-0.2, -0.15) is 0 Å². The molecule has 0 spiro atoms. The molecule has 0 radical (unpaired) electrons. The summed E-state index contributed by atoms with van der Waals surface area (Å²) in [6.07, 6.45) is 6.95. The Kier molecular flexibility index (Phi) is 2.38. The zero-order chi connectivity index (χ0) is 9.26. The highest BCUT2D eigenvalue weighted by Gasteiger charge is 2.17. The van der Waals surface area contributed by atoms with Gasteiger partial charge in [-0.1, -0.05) is 13.8 Å². The number of aryl methyl sites for hydroxylation is 2. The molecule has 13 heavy (non-hydrogen) atoms. The summed E-state index contributed by atoms with van der Waals surface area (Å²) in [4.78, 5) is 4.48. The molecule has 0 fully saturated rings. The number of nitrogens with zero attached hydrogens (tertiary/aromatic N) is 2. The van der Waals surface area contributed by atoms with Gasteiger partial charge < -0.3 is 4.57 Å². The van der Waals surface area contributed by atoms with E-state index < -0.39 is 0 Å². The van der Waals surface area contributed by atoms with Gasteiger partial charge in [-0.3, -0.25) is 0 Å². The van der Waals surface area contributed by atoms with Gasteiger partial charge in [-0.25, -0.2) is 4.98 Å². The molecule has 1 atom stereocenters. The van der Waals surface area contributed by atoms with Gasteiger partial charge in [0.1, 0.15) is 5.82 Å². The number of aromatic nitrogens is 2. The van der Waals surface area contributed by atoms with E-state index in [2.05, 4.69) is 29.6 Å². The van der Waals surface area contributed by atoms with E-state index in [4.69, 9.17) is 0 Å². The van der Waals surface area contributed by atoms with Crippen LogP contribution in [-0.2, 0) is 19.4 Å². The molecule has 0 aromatic carbocycles. The number of rotatable bonds is 2. The summed E-state index contributed by atoms with van der Waals surface area (Å²) < 4.78 is 2.43. The minimum Gasteiger partial charge on any atom is -0.332 e. The van der Waals surface area contributed by atoms with Gasteiger partial charge in [0.2, 0.25) is 0 Å². The molecule has 1 aliphatic rings. The Morgan fingerprint density at radius 3 is 3.23 bits per heavy atom. The van der Waals surface area contributed by atoms with E-state index in [1.54, 1.807) is 0 Å². The second-order valence-electron chi connectivity index (χ2n) is 4.17. The minimum atomic E-state index is 0.831. The van der Waals surface area contributed by atoms with E-state index in [0.29, 0.717) is 0 Å². The maximum atomic E-state index is 4.48. The maximum Gasteiger partial charge on any atom is 0.108 e. The summed E-state index contributed by atoms with van der Waals surface area (Å²) in [7, 11) is 0. The van der Waals surface area contributed by atoms with Gasteiger partial charge in [0.25, 0.3) is 0 Å². The molecule has 72 valence electrons. The second kappa shape index (κ2) is 3.52. The molecule has 1 unspecified atom stereocenters. The third kappa shape index (κ3) is 1.62. The number of fused-ring (bicyclic) bond motifs is 1. The van der Waals surface area contributed by atoms with Crippen molar-refractivity contribution in [2.45, 2.75) is 46.1 Å². The highest BCUT2D eigenvalue weighted by atomic mass is 15.1. The third-order valence-corrected chi connectivity index (χ3v) is 2.88. The van der Waals surface area contributed by atoms with E-state index in [9.17, 15) is 0 Å². The van der Waals surface area contributed by atoms with Crippen molar-refractivity contribution in [1.82, 2.24) is 9.55 Å². The molecule has 1 aromatic heterocycles. The van der Waals surface area contributed by atoms with Crippen molar-refractivity contribution in [2.24, 2.45) is 5.92 Å². The van der Waals surface area contributed by atoms with E-state index in [0.717, 1.165) is 12.3 Å². The number of hydrogen-bond donors (Lipinski definition) is 0. The van der Waals surface area contributed by atoms with E-state index >= 15 is 0 Å². The fourth-order valence-corrected chi connectivity index (χ4v) is 2.10. The Bertz CT molecular complexity index is 288. The maximum absolute atomic E-state index is 4.48. The lowest BCUT2D eigenvalue weighted by Crippen LogP contribution is -2.19. The lowest BCUT2D eigenvalue weighted by molar-refractivity contribution is 0.390. The quantitative estimate of drug-likeness (QED) is 0.680. The van der Waals surface area contributed by atoms with Crippen LogP contribution >= 0.6 is 0 Å². The Balaban J connectivity index is 2.25. The SMILES string of the molecule is CCCc1ncc2n1CC(C)CC2. The van der Waals surface area contributed by atoms with Gasteiger partial charge in [-0.15, -0.1) is 0 Å². The molecule has 1 aromatic rings. The summed E-state index contributed by atoms with van der Waals surface area (Å²) in [5.74, 6) is 2.13. The first-order chi connectivity index (χ1) is 6.31. The van der Waals surface area contributed by atoms with Crippen molar-refractivity contribution in [3.63, 3.8) is 0 Å². The van der Waals surface area contributed by atoms with Crippen LogP contribution in [0.1, 0.15) is 38.2 Å². The van der Waals surface area contributed by atoms with Gasteiger partial charge in [0.05, 0.1) is 0 Å². The van der Waals surface area contributed by atoms with E-state index in [1.165, 1.54) is 37.3 Å². The van der Waals surface area contributed by atoms with Crippen molar-refractivity contribution < 1.29 is 0 Å². The average Bonchev–Trinajstić information content (AvgIpc) is 2.49. The van der Waals surface area contributed by atoms with Crippen LogP contribution in [-0.4, -0.2) is 9.55 Å². The normalized spacial score (nSPS) is 21.5. The molecular weight excluding hydrogens is 160 g/mol. The average molecular weight is 178 g/mol. The van der Waals surface area contributed by atoms with Crippen molar-refractivity contribution in [1.29, 1.82) is 0 Å². The lowest BCUT2D eigenvalue weighted by atomic mass is 10.0. The largest absolute Gasteiger partial charge is 0.332 e. The van der Waals surface area contributed by atoms with Crippen LogP contribution < -0.4 is 0 Å². The zero-order valence-corrected chi connectivity index (χ0v) is 8.58. The highest BCUT2D eigenvalue weighted by Crippen LogP contribution is 2.21. The number of hydrogen-bond acceptors (Lipinski definition) is 1. The van der Waals surface area contributed by atoms with Crippen molar-refractivity contribution >= 4 is 0 Å². The molecule has 0 aliphatic carbocycles. The molecule has 0 amide bonds. The molecule has 2 rings (SSSR count). The topological polar surface area (TPSA) is 17.8 Å². The van der Waals surface area contributed by atoms with Gasteiger partial charge in [0.15, 0.2) is 0 Å². The standard InChI is InChI=1S/C11H18N2/c1-3-4-11-12-7-10-6-5-9(2)8-13(10)11/h7,9H,3-6,8H2,1-2H3. The fraction of sp³-hybridized carbons (Fsp3) is 0.727. The number of imidazole rings is 1. The van der Waals surface area contributed by atoms with Gasteiger partial charge >= 0.3 is 0 Å². The Hall–Kier alpha value is -0.790. The molecular formula is C11H18N2. The molecule has 1 aliphatic heterocycles. The van der Waals surface area contributed by atoms with Crippen LogP contribution in [0, 0.1) is 5.92 Å². The highest BCUT2D eigenvalue weighted by molar-refractivity contribution is 5.08. The van der Waals surface area contributed by atoms with Crippen molar-refractivity contribution in [2.75, 3.05) is 0 Å². The molecule has 0 saturated heterocycles. The van der Waals surface area contributed by atoms with E-state index in [1.807, 2.05) is 0 Å². The molecule has 2 nitrogen and oxygen atoms in total. The van der Waals surface area contributed by atoms with Crippen LogP contribution in [0.5, 0.6) is 0 Å². The van der Waals surface area contributed by atoms with E-state index in [-0.39, 0.29) is 0 Å². The molecule has 0 saturated carbocycles. The summed E-state index contributed by atoms with van der Waals surface area (Å²) in [6, 6.07) is 0. The molecule has 2 heterocycles. The summed E-state index contributed by atoms with van der Waals surface area (Å²) in [6.45, 7) is 5.73. The van der Waals surface area contributed by atoms with Crippen LogP contribution in [0.3, 0.4) is 0 Å². The molecule has 0 N–H and O–H groups in total. The van der Waals surface area contributed by atoms with Crippen LogP contribution in [0.15, 0.2) is 6.20 Å². The molecule has 0 bridgehead atoms. The summed E-state index contributed by atoms with van der Waals surface area (Å²) >= 11 is 0. The predicted octanol–water partition coefficient (Wildman–Crippen LogP) is 2.42. The predicted molar refractivity (Wildman–Crippen MR) is 53.7 cm³/mol. The first-order valence-corrected chi connectivity index (χ1v) is 5.34. The van der Waals surface area contributed by atoms with Gasteiger partial charge in [0, 0.05) is 24.9 Å². The lowest BCUT2D eigenvalue weighted by Gasteiger charge is -2.22. The smallest absolute Gasteiger partial charge is 0.108 e. The van der Waals surface area contributed by atoms with Crippen LogP contribution in [0.4, 0.5) is 0 Å².